The van der Waals surface area contributed by atoms with Gasteiger partial charge in [0.15, 0.2) is 0 Å². The first kappa shape index (κ1) is 23.4. The van der Waals surface area contributed by atoms with E-state index >= 15 is 0 Å². The summed E-state index contributed by atoms with van der Waals surface area (Å²) < 4.78 is 43.5. The summed E-state index contributed by atoms with van der Waals surface area (Å²) in [6, 6.07) is 8.90. The molecule has 176 valence electrons. The van der Waals surface area contributed by atoms with E-state index in [-0.39, 0.29) is 24.4 Å². The molecule has 1 atom stereocenters. The lowest BCUT2D eigenvalue weighted by Crippen LogP contribution is -2.49. The highest BCUT2D eigenvalue weighted by Crippen LogP contribution is 2.36. The van der Waals surface area contributed by atoms with Crippen molar-refractivity contribution in [2.45, 2.75) is 38.9 Å². The number of fused-ring (bicyclic) bond motifs is 1. The van der Waals surface area contributed by atoms with Crippen molar-refractivity contribution in [1.82, 2.24) is 9.88 Å². The fourth-order valence-corrected chi connectivity index (χ4v) is 4.41. The summed E-state index contributed by atoms with van der Waals surface area (Å²) in [6.07, 6.45) is -1.54. The van der Waals surface area contributed by atoms with Crippen LogP contribution < -0.4 is 4.74 Å². The lowest BCUT2D eigenvalue weighted by Gasteiger charge is -2.34. The van der Waals surface area contributed by atoms with E-state index in [0.717, 1.165) is 10.9 Å². The van der Waals surface area contributed by atoms with Crippen LogP contribution in [0.5, 0.6) is 5.75 Å². The number of halogens is 2. The Labute approximate surface area is 195 Å². The van der Waals surface area contributed by atoms with Crippen molar-refractivity contribution in [3.8, 4) is 16.2 Å². The smallest absolute Gasteiger partial charge is 0.410 e. The lowest BCUT2D eigenvalue weighted by molar-refractivity contribution is -0.0555. The molecular formula is C24H26F2N2O4S. The van der Waals surface area contributed by atoms with E-state index < -0.39 is 12.0 Å². The number of ether oxygens (including phenoxy) is 3. The molecule has 1 amide bonds. The van der Waals surface area contributed by atoms with Gasteiger partial charge < -0.3 is 19.1 Å². The highest BCUT2D eigenvalue weighted by molar-refractivity contribution is 7.13. The number of carbonyl (C=O) groups is 1. The molecule has 1 fully saturated rings. The van der Waals surface area contributed by atoms with Gasteiger partial charge in [0.2, 0.25) is 0 Å². The molecule has 1 aliphatic rings. The van der Waals surface area contributed by atoms with Gasteiger partial charge in [0.25, 0.3) is 6.43 Å². The number of hydrogen-bond donors (Lipinski definition) is 0. The Morgan fingerprint density at radius 1 is 1.33 bits per heavy atom. The number of hydrogen-bond acceptors (Lipinski definition) is 6. The largest absolute Gasteiger partial charge is 0.490 e. The van der Waals surface area contributed by atoms with Crippen molar-refractivity contribution >= 4 is 28.3 Å². The van der Waals surface area contributed by atoms with Crippen molar-refractivity contribution in [2.24, 2.45) is 0 Å². The summed E-state index contributed by atoms with van der Waals surface area (Å²) in [4.78, 5) is 19.2. The van der Waals surface area contributed by atoms with Crippen LogP contribution in [0.15, 0.2) is 41.9 Å². The summed E-state index contributed by atoms with van der Waals surface area (Å²) in [5.74, 6) is 0.584. The molecule has 0 saturated carbocycles. The summed E-state index contributed by atoms with van der Waals surface area (Å²) in [5, 5.41) is 2.27. The number of nitrogens with zero attached hydrogens (tertiary/aromatic N) is 2. The maximum Gasteiger partial charge on any atom is 0.410 e. The van der Waals surface area contributed by atoms with Crippen molar-refractivity contribution in [3.05, 3.63) is 47.5 Å². The van der Waals surface area contributed by atoms with Crippen molar-refractivity contribution in [1.29, 1.82) is 0 Å². The predicted molar refractivity (Wildman–Crippen MR) is 123 cm³/mol. The van der Waals surface area contributed by atoms with E-state index in [0.29, 0.717) is 35.8 Å². The molecular weight excluding hydrogens is 450 g/mol. The Morgan fingerprint density at radius 3 is 2.88 bits per heavy atom. The minimum atomic E-state index is -2.51. The molecule has 3 heterocycles. The maximum atomic E-state index is 13.1. The van der Waals surface area contributed by atoms with Gasteiger partial charge in [-0.3, -0.25) is 4.98 Å². The molecule has 2 aromatic heterocycles. The molecule has 0 radical (unpaired) electrons. The van der Waals surface area contributed by atoms with Gasteiger partial charge >= 0.3 is 6.09 Å². The average molecular weight is 477 g/mol. The second kappa shape index (κ2) is 9.61. The number of amides is 1. The van der Waals surface area contributed by atoms with Gasteiger partial charge in [0.05, 0.1) is 18.7 Å². The van der Waals surface area contributed by atoms with Crippen molar-refractivity contribution in [3.63, 3.8) is 0 Å². The van der Waals surface area contributed by atoms with E-state index in [4.69, 9.17) is 14.2 Å². The first-order valence-corrected chi connectivity index (χ1v) is 11.6. The standard InChI is InChI=1S/C24H26F2N2O4S/c1-24(2,3)32-23(29)28-7-8-30-17(12-28)13-31-20-10-15(9-19-18(20)5-4-6-27-19)21-11-16(14-33-21)22(25)26/h4-6,9-11,14,17,22H,7-8,12-13H2,1-3H3/t17-/m0/s1. The molecule has 0 spiro atoms. The Hall–Kier alpha value is -2.78. The SMILES string of the molecule is CC(C)(C)OC(=O)N1CCO[C@H](COc2cc(-c3cc(C(F)F)cs3)cc3ncccc23)C1. The van der Waals surface area contributed by atoms with Gasteiger partial charge in [-0.25, -0.2) is 13.6 Å². The highest BCUT2D eigenvalue weighted by atomic mass is 32.1. The molecule has 6 nitrogen and oxygen atoms in total. The molecule has 4 rings (SSSR count). The highest BCUT2D eigenvalue weighted by Gasteiger charge is 2.28. The van der Waals surface area contributed by atoms with E-state index in [9.17, 15) is 13.6 Å². The third-order valence-corrected chi connectivity index (χ3v) is 6.05. The first-order chi connectivity index (χ1) is 15.7. The van der Waals surface area contributed by atoms with Crippen molar-refractivity contribution < 1.29 is 27.8 Å². The van der Waals surface area contributed by atoms with Gasteiger partial charge in [-0.1, -0.05) is 0 Å². The van der Waals surface area contributed by atoms with Crippen LogP contribution in [0.2, 0.25) is 0 Å². The van der Waals surface area contributed by atoms with Gasteiger partial charge in [-0.2, -0.15) is 0 Å². The number of morpholine rings is 1. The zero-order valence-corrected chi connectivity index (χ0v) is 19.5. The van der Waals surface area contributed by atoms with Crippen molar-refractivity contribution in [2.75, 3.05) is 26.3 Å². The van der Waals surface area contributed by atoms with E-state index in [1.165, 1.54) is 22.8 Å². The molecule has 33 heavy (non-hydrogen) atoms. The Morgan fingerprint density at radius 2 is 2.15 bits per heavy atom. The number of aromatic nitrogens is 1. The van der Waals surface area contributed by atoms with Crippen LogP contribution in [-0.2, 0) is 9.47 Å². The Balaban J connectivity index is 1.51. The number of rotatable bonds is 5. The first-order valence-electron chi connectivity index (χ1n) is 10.7. The third-order valence-electron chi connectivity index (χ3n) is 5.05. The predicted octanol–water partition coefficient (Wildman–Crippen LogP) is 5.92. The Kier molecular flexibility index (Phi) is 6.81. The van der Waals surface area contributed by atoms with Gasteiger partial charge in [-0.15, -0.1) is 11.3 Å². The Bertz CT molecular complexity index is 1130. The molecule has 1 aliphatic heterocycles. The summed E-state index contributed by atoms with van der Waals surface area (Å²) in [7, 11) is 0. The van der Waals surface area contributed by atoms with Gasteiger partial charge in [-0.05, 0) is 56.7 Å². The van der Waals surface area contributed by atoms with Crippen LogP contribution in [0.4, 0.5) is 13.6 Å². The zero-order chi connectivity index (χ0) is 23.6. The molecule has 1 saturated heterocycles. The third kappa shape index (κ3) is 5.78. The van der Waals surface area contributed by atoms with Crippen LogP contribution >= 0.6 is 11.3 Å². The molecule has 9 heteroatoms. The average Bonchev–Trinajstić information content (AvgIpc) is 3.27. The van der Waals surface area contributed by atoms with Crippen LogP contribution in [0.25, 0.3) is 21.3 Å². The molecule has 0 aliphatic carbocycles. The topological polar surface area (TPSA) is 60.9 Å². The summed E-state index contributed by atoms with van der Waals surface area (Å²) in [5.41, 5.74) is 0.890. The van der Waals surface area contributed by atoms with Crippen LogP contribution in [-0.4, -0.2) is 54.0 Å². The molecule has 0 N–H and O–H groups in total. The lowest BCUT2D eigenvalue weighted by atomic mass is 10.1. The van der Waals surface area contributed by atoms with Crippen LogP contribution in [0.3, 0.4) is 0 Å². The number of carbonyl (C=O) groups excluding carboxylic acids is 1. The summed E-state index contributed by atoms with van der Waals surface area (Å²) in [6.45, 7) is 6.91. The monoisotopic (exact) mass is 476 g/mol. The van der Waals surface area contributed by atoms with E-state index in [1.54, 1.807) is 11.1 Å². The van der Waals surface area contributed by atoms with E-state index in [2.05, 4.69) is 4.98 Å². The normalized spacial score (nSPS) is 16.9. The zero-order valence-electron chi connectivity index (χ0n) is 18.7. The number of alkyl halides is 2. The second-order valence-corrected chi connectivity index (χ2v) is 9.73. The van der Waals surface area contributed by atoms with Gasteiger partial charge in [0, 0.05) is 33.9 Å². The molecule has 0 unspecified atom stereocenters. The maximum absolute atomic E-state index is 13.1. The number of thiophene rings is 1. The molecule has 0 bridgehead atoms. The van der Waals surface area contributed by atoms with Crippen LogP contribution in [0, 0.1) is 0 Å². The number of pyridine rings is 1. The second-order valence-electron chi connectivity index (χ2n) is 8.82. The molecule has 3 aromatic rings. The minimum absolute atomic E-state index is 0.00331. The fraction of sp³-hybridized carbons (Fsp3) is 0.417. The number of benzene rings is 1. The molecule has 1 aromatic carbocycles. The summed E-state index contributed by atoms with van der Waals surface area (Å²) >= 11 is 1.26. The fourth-order valence-electron chi connectivity index (χ4n) is 3.52. The van der Waals surface area contributed by atoms with E-state index in [1.807, 2.05) is 45.0 Å². The van der Waals surface area contributed by atoms with Crippen LogP contribution in [0.1, 0.15) is 32.8 Å². The van der Waals surface area contributed by atoms with Gasteiger partial charge in [0.1, 0.15) is 24.1 Å². The minimum Gasteiger partial charge on any atom is -0.490 e. The quantitative estimate of drug-likeness (QED) is 0.458.